The van der Waals surface area contributed by atoms with Crippen molar-refractivity contribution < 1.29 is 14.3 Å². The lowest BCUT2D eigenvalue weighted by molar-refractivity contribution is 0.104. The highest BCUT2D eigenvalue weighted by Gasteiger charge is 2.13. The van der Waals surface area contributed by atoms with Gasteiger partial charge >= 0.3 is 0 Å². The summed E-state index contributed by atoms with van der Waals surface area (Å²) in [6.07, 6.45) is 3.37. The summed E-state index contributed by atoms with van der Waals surface area (Å²) >= 11 is 0. The molecular formula is C22H26O3. The van der Waals surface area contributed by atoms with Gasteiger partial charge < -0.3 is 9.47 Å². The van der Waals surface area contributed by atoms with Crippen LogP contribution in [0.5, 0.6) is 11.5 Å². The Morgan fingerprint density at radius 1 is 1.04 bits per heavy atom. The molecule has 3 nitrogen and oxygen atoms in total. The highest BCUT2D eigenvalue weighted by atomic mass is 16.5. The summed E-state index contributed by atoms with van der Waals surface area (Å²) in [4.78, 5) is 12.4. The van der Waals surface area contributed by atoms with E-state index in [1.54, 1.807) is 19.3 Å². The summed E-state index contributed by atoms with van der Waals surface area (Å²) in [5, 5.41) is 0. The standard InChI is InChI=1S/C22H26O3/c1-6-25-20-14-8-16(15-21(20)24-5)7-13-19(23)17-9-11-18(12-10-17)22(2,3)4/h7-15H,6H2,1-5H3/b13-7+. The predicted octanol–water partition coefficient (Wildman–Crippen LogP) is 5.29. The molecule has 0 N–H and O–H groups in total. The summed E-state index contributed by atoms with van der Waals surface area (Å²) in [5.74, 6) is 1.34. The van der Waals surface area contributed by atoms with E-state index in [1.165, 1.54) is 5.56 Å². The van der Waals surface area contributed by atoms with Crippen molar-refractivity contribution in [2.75, 3.05) is 13.7 Å². The molecule has 2 aromatic carbocycles. The zero-order chi connectivity index (χ0) is 18.4. The number of ether oxygens (including phenoxy) is 2. The SMILES string of the molecule is CCOc1ccc(/C=C/C(=O)c2ccc(C(C)(C)C)cc2)cc1OC. The third-order valence-electron chi connectivity index (χ3n) is 3.95. The molecule has 0 bridgehead atoms. The van der Waals surface area contributed by atoms with E-state index in [2.05, 4.69) is 20.8 Å². The third kappa shape index (κ3) is 4.96. The van der Waals surface area contributed by atoms with Gasteiger partial charge in [-0.2, -0.15) is 0 Å². The fourth-order valence-corrected chi connectivity index (χ4v) is 2.47. The molecule has 0 heterocycles. The number of benzene rings is 2. The second-order valence-electron chi connectivity index (χ2n) is 6.87. The lowest BCUT2D eigenvalue weighted by Crippen LogP contribution is -2.11. The Morgan fingerprint density at radius 2 is 1.72 bits per heavy atom. The van der Waals surface area contributed by atoms with Crippen LogP contribution < -0.4 is 9.47 Å². The van der Waals surface area contributed by atoms with Crippen LogP contribution >= 0.6 is 0 Å². The van der Waals surface area contributed by atoms with Gasteiger partial charge in [-0.3, -0.25) is 4.79 Å². The van der Waals surface area contributed by atoms with Gasteiger partial charge in [0.15, 0.2) is 17.3 Å². The number of carbonyl (C=O) groups excluding carboxylic acids is 1. The van der Waals surface area contributed by atoms with Crippen LogP contribution in [0.15, 0.2) is 48.5 Å². The number of allylic oxidation sites excluding steroid dienone is 1. The summed E-state index contributed by atoms with van der Waals surface area (Å²) < 4.78 is 10.8. The van der Waals surface area contributed by atoms with Gasteiger partial charge in [0.25, 0.3) is 0 Å². The Hall–Kier alpha value is -2.55. The Labute approximate surface area is 150 Å². The molecular weight excluding hydrogens is 312 g/mol. The van der Waals surface area contributed by atoms with Crippen LogP contribution in [0.1, 0.15) is 49.2 Å². The molecule has 0 atom stereocenters. The van der Waals surface area contributed by atoms with Crippen molar-refractivity contribution in [1.29, 1.82) is 0 Å². The first-order chi connectivity index (χ1) is 11.8. The van der Waals surface area contributed by atoms with Gasteiger partial charge in [0, 0.05) is 5.56 Å². The fourth-order valence-electron chi connectivity index (χ4n) is 2.47. The Kier molecular flexibility index (Phi) is 6.02. The number of methoxy groups -OCH3 is 1. The van der Waals surface area contributed by atoms with E-state index in [0.717, 1.165) is 5.56 Å². The van der Waals surface area contributed by atoms with E-state index in [-0.39, 0.29) is 11.2 Å². The zero-order valence-corrected chi connectivity index (χ0v) is 15.6. The second kappa shape index (κ2) is 8.02. The molecule has 0 spiro atoms. The van der Waals surface area contributed by atoms with Crippen molar-refractivity contribution >= 4 is 11.9 Å². The van der Waals surface area contributed by atoms with Crippen molar-refractivity contribution in [1.82, 2.24) is 0 Å². The van der Waals surface area contributed by atoms with Gasteiger partial charge in [-0.25, -0.2) is 0 Å². The fraction of sp³-hybridized carbons (Fsp3) is 0.318. The number of hydrogen-bond acceptors (Lipinski definition) is 3. The molecule has 0 saturated heterocycles. The van der Waals surface area contributed by atoms with Crippen molar-refractivity contribution in [3.8, 4) is 11.5 Å². The van der Waals surface area contributed by atoms with Crippen molar-refractivity contribution in [3.05, 3.63) is 65.2 Å². The van der Waals surface area contributed by atoms with Gasteiger partial charge in [0.2, 0.25) is 0 Å². The molecule has 2 aromatic rings. The number of ketones is 1. The molecule has 0 saturated carbocycles. The highest BCUT2D eigenvalue weighted by Crippen LogP contribution is 2.28. The van der Waals surface area contributed by atoms with Crippen molar-refractivity contribution in [3.63, 3.8) is 0 Å². The van der Waals surface area contributed by atoms with Crippen molar-refractivity contribution in [2.45, 2.75) is 33.1 Å². The van der Waals surface area contributed by atoms with Gasteiger partial charge in [-0.05, 0) is 41.7 Å². The average Bonchev–Trinajstić information content (AvgIpc) is 2.60. The first kappa shape index (κ1) is 18.8. The summed E-state index contributed by atoms with van der Waals surface area (Å²) in [7, 11) is 1.60. The Balaban J connectivity index is 2.14. The van der Waals surface area contributed by atoms with E-state index in [1.807, 2.05) is 49.4 Å². The molecule has 25 heavy (non-hydrogen) atoms. The summed E-state index contributed by atoms with van der Waals surface area (Å²) in [6.45, 7) is 8.97. The van der Waals surface area contributed by atoms with Gasteiger partial charge in [-0.1, -0.05) is 57.2 Å². The summed E-state index contributed by atoms with van der Waals surface area (Å²) in [5.41, 5.74) is 2.86. The van der Waals surface area contributed by atoms with E-state index in [0.29, 0.717) is 23.7 Å². The van der Waals surface area contributed by atoms with Gasteiger partial charge in [0.05, 0.1) is 13.7 Å². The average molecular weight is 338 g/mol. The van der Waals surface area contributed by atoms with E-state index >= 15 is 0 Å². The number of hydrogen-bond donors (Lipinski definition) is 0. The first-order valence-electron chi connectivity index (χ1n) is 8.49. The molecule has 0 fully saturated rings. The maximum atomic E-state index is 12.4. The molecule has 0 amide bonds. The van der Waals surface area contributed by atoms with E-state index < -0.39 is 0 Å². The topological polar surface area (TPSA) is 35.5 Å². The highest BCUT2D eigenvalue weighted by molar-refractivity contribution is 6.06. The smallest absolute Gasteiger partial charge is 0.185 e. The molecule has 0 aromatic heterocycles. The molecule has 2 rings (SSSR count). The molecule has 0 radical (unpaired) electrons. The Morgan fingerprint density at radius 3 is 2.28 bits per heavy atom. The van der Waals surface area contributed by atoms with E-state index in [9.17, 15) is 4.79 Å². The Bertz CT molecular complexity index is 750. The van der Waals surface area contributed by atoms with Crippen LogP contribution in [0.2, 0.25) is 0 Å². The quantitative estimate of drug-likeness (QED) is 0.530. The third-order valence-corrected chi connectivity index (χ3v) is 3.95. The molecule has 0 unspecified atom stereocenters. The lowest BCUT2D eigenvalue weighted by atomic mass is 9.86. The molecule has 3 heteroatoms. The van der Waals surface area contributed by atoms with E-state index in [4.69, 9.17) is 9.47 Å². The minimum atomic E-state index is -0.0201. The second-order valence-corrected chi connectivity index (χ2v) is 6.87. The number of rotatable bonds is 6. The summed E-state index contributed by atoms with van der Waals surface area (Å²) in [6, 6.07) is 13.4. The van der Waals surface area contributed by atoms with Gasteiger partial charge in [-0.15, -0.1) is 0 Å². The number of carbonyl (C=O) groups is 1. The monoisotopic (exact) mass is 338 g/mol. The zero-order valence-electron chi connectivity index (χ0n) is 15.6. The maximum Gasteiger partial charge on any atom is 0.185 e. The minimum absolute atomic E-state index is 0.0201. The largest absolute Gasteiger partial charge is 0.493 e. The maximum absolute atomic E-state index is 12.4. The van der Waals surface area contributed by atoms with Crippen molar-refractivity contribution in [2.24, 2.45) is 0 Å². The molecule has 132 valence electrons. The van der Waals surface area contributed by atoms with Crippen LogP contribution in [0.25, 0.3) is 6.08 Å². The van der Waals surface area contributed by atoms with Crippen LogP contribution in [0, 0.1) is 0 Å². The molecule has 0 aliphatic heterocycles. The predicted molar refractivity (Wildman–Crippen MR) is 103 cm³/mol. The molecule has 0 aliphatic rings. The van der Waals surface area contributed by atoms with Gasteiger partial charge in [0.1, 0.15) is 0 Å². The van der Waals surface area contributed by atoms with Crippen LogP contribution in [-0.4, -0.2) is 19.5 Å². The van der Waals surface area contributed by atoms with Crippen LogP contribution in [0.3, 0.4) is 0 Å². The van der Waals surface area contributed by atoms with Crippen LogP contribution in [0.4, 0.5) is 0 Å². The minimum Gasteiger partial charge on any atom is -0.493 e. The first-order valence-corrected chi connectivity index (χ1v) is 8.49. The van der Waals surface area contributed by atoms with Crippen LogP contribution in [-0.2, 0) is 5.41 Å². The normalized spacial score (nSPS) is 11.6. The lowest BCUT2D eigenvalue weighted by Gasteiger charge is -2.18. The molecule has 0 aliphatic carbocycles.